The van der Waals surface area contributed by atoms with E-state index < -0.39 is 0 Å². The Morgan fingerprint density at radius 2 is 2.11 bits per heavy atom. The molecule has 5 rings (SSSR count). The maximum Gasteiger partial charge on any atom is 0.275 e. The average Bonchev–Trinajstić information content (AvgIpc) is 3.49. The number of ether oxygens (including phenoxy) is 1. The zero-order valence-corrected chi connectivity index (χ0v) is 22.6. The molecule has 0 radical (unpaired) electrons. The van der Waals surface area contributed by atoms with Crippen LogP contribution in [0.1, 0.15) is 51.1 Å². The Balaban J connectivity index is 1.29. The third-order valence-electron chi connectivity index (χ3n) is 7.59. The summed E-state index contributed by atoms with van der Waals surface area (Å²) in [4.78, 5) is 31.4. The first-order valence-corrected chi connectivity index (χ1v) is 13.9. The van der Waals surface area contributed by atoms with E-state index in [1.54, 1.807) is 10.6 Å². The van der Waals surface area contributed by atoms with Gasteiger partial charge in [0.25, 0.3) is 5.56 Å². The Labute approximate surface area is 223 Å². The predicted molar refractivity (Wildman–Crippen MR) is 147 cm³/mol. The number of allylic oxidation sites excluding steroid dienone is 4. The molecule has 0 spiro atoms. The smallest absolute Gasteiger partial charge is 0.275 e. The van der Waals surface area contributed by atoms with E-state index in [9.17, 15) is 9.59 Å². The highest BCUT2D eigenvalue weighted by atomic mass is 35.5. The normalized spacial score (nSPS) is 22.4. The summed E-state index contributed by atoms with van der Waals surface area (Å²) in [5, 5.41) is 3.52. The molecule has 2 aromatic heterocycles. The van der Waals surface area contributed by atoms with Crippen LogP contribution in [0.5, 0.6) is 5.75 Å². The van der Waals surface area contributed by atoms with E-state index >= 15 is 0 Å². The Morgan fingerprint density at radius 3 is 2.92 bits per heavy atom. The highest BCUT2D eigenvalue weighted by Gasteiger charge is 2.30. The van der Waals surface area contributed by atoms with Crippen molar-refractivity contribution < 1.29 is 9.53 Å². The zero-order valence-electron chi connectivity index (χ0n) is 21.9. The van der Waals surface area contributed by atoms with Gasteiger partial charge in [-0.25, -0.2) is 0 Å². The van der Waals surface area contributed by atoms with Gasteiger partial charge in [0, 0.05) is 67.2 Å². The molecule has 2 aliphatic heterocycles. The number of aromatic nitrogens is 2. The Bertz CT molecular complexity index is 1250. The van der Waals surface area contributed by atoms with Gasteiger partial charge in [0.2, 0.25) is 5.91 Å². The number of piperazine rings is 1. The van der Waals surface area contributed by atoms with E-state index in [1.807, 2.05) is 48.9 Å². The highest BCUT2D eigenvalue weighted by Crippen LogP contribution is 2.29. The molecule has 0 bridgehead atoms. The number of nitrogens with zero attached hydrogens (tertiary/aromatic N) is 4. The number of nitrogens with one attached hydrogen (secondary N) is 1. The Morgan fingerprint density at radius 1 is 1.24 bits per heavy atom. The lowest BCUT2D eigenvalue weighted by Crippen LogP contribution is -2.50. The van der Waals surface area contributed by atoms with Crippen LogP contribution in [0.15, 0.2) is 46.5 Å². The standard InChI is InChI=1S/C28H38ClN5O3/c1-20(2)30-27(35)19-34-26(21-6-3-7-22(29)14-21)18-33-17-24(15-25(33)28(34)36)37-13-5-9-31-11-12-32-10-4-8-23(32)16-31/h3,7,14-15,17-18,20-21,23H,4-6,8-13,16,19H2,1-2H3,(H,30,35)/t21?,23-/m1/s1. The molecule has 2 aromatic rings. The van der Waals surface area contributed by atoms with E-state index in [0.29, 0.717) is 29.3 Å². The topological polar surface area (TPSA) is 71.2 Å². The molecule has 9 heteroatoms. The Hall–Kier alpha value is -2.55. The molecular formula is C28H38ClN5O3. The van der Waals surface area contributed by atoms with Gasteiger partial charge in [-0.2, -0.15) is 0 Å². The van der Waals surface area contributed by atoms with Crippen molar-refractivity contribution in [3.05, 3.63) is 57.8 Å². The van der Waals surface area contributed by atoms with Gasteiger partial charge in [0.05, 0.1) is 12.8 Å². The summed E-state index contributed by atoms with van der Waals surface area (Å²) in [7, 11) is 0. The average molecular weight is 528 g/mol. The van der Waals surface area contributed by atoms with Crippen LogP contribution in [0.3, 0.4) is 0 Å². The van der Waals surface area contributed by atoms with Crippen molar-refractivity contribution in [3.63, 3.8) is 0 Å². The van der Waals surface area contributed by atoms with E-state index in [2.05, 4.69) is 15.1 Å². The lowest BCUT2D eigenvalue weighted by Gasteiger charge is -2.37. The van der Waals surface area contributed by atoms with E-state index in [0.717, 1.165) is 37.8 Å². The number of fused-ring (bicyclic) bond motifs is 2. The van der Waals surface area contributed by atoms with Crippen LogP contribution in [-0.2, 0) is 11.3 Å². The Kier molecular flexibility index (Phi) is 8.07. The van der Waals surface area contributed by atoms with Gasteiger partial charge in [0.1, 0.15) is 17.8 Å². The second kappa shape index (κ2) is 11.5. The second-order valence-corrected chi connectivity index (χ2v) is 11.2. The van der Waals surface area contributed by atoms with Crippen molar-refractivity contribution in [1.82, 2.24) is 24.1 Å². The van der Waals surface area contributed by atoms with Crippen LogP contribution in [0.2, 0.25) is 0 Å². The van der Waals surface area contributed by atoms with Gasteiger partial charge in [-0.3, -0.25) is 19.1 Å². The van der Waals surface area contributed by atoms with Gasteiger partial charge >= 0.3 is 0 Å². The third kappa shape index (κ3) is 6.13. The van der Waals surface area contributed by atoms with Crippen LogP contribution in [0.4, 0.5) is 0 Å². The van der Waals surface area contributed by atoms with E-state index in [1.165, 1.54) is 25.9 Å². The van der Waals surface area contributed by atoms with Crippen molar-refractivity contribution in [2.24, 2.45) is 0 Å². The van der Waals surface area contributed by atoms with Crippen LogP contribution < -0.4 is 15.6 Å². The third-order valence-corrected chi connectivity index (χ3v) is 7.84. The van der Waals surface area contributed by atoms with Crippen molar-refractivity contribution in [1.29, 1.82) is 0 Å². The van der Waals surface area contributed by atoms with Crippen molar-refractivity contribution in [3.8, 4) is 5.75 Å². The quantitative estimate of drug-likeness (QED) is 0.506. The molecule has 8 nitrogen and oxygen atoms in total. The number of amides is 1. The molecule has 1 amide bonds. The number of carbonyl (C=O) groups excluding carboxylic acids is 1. The number of hydrogen-bond donors (Lipinski definition) is 1. The SMILES string of the molecule is CC(C)NC(=O)Cn1c(C2C=C(Cl)C=CC2)cn2cc(OCCCN3CCN4CCC[C@@H]4C3)cc2c1=O. The van der Waals surface area contributed by atoms with E-state index in [-0.39, 0.29) is 30.0 Å². The van der Waals surface area contributed by atoms with Crippen LogP contribution in [0, 0.1) is 0 Å². The minimum Gasteiger partial charge on any atom is -0.492 e. The lowest BCUT2D eigenvalue weighted by atomic mass is 9.97. The largest absolute Gasteiger partial charge is 0.492 e. The number of halogens is 1. The maximum atomic E-state index is 13.6. The molecule has 0 aromatic carbocycles. The van der Waals surface area contributed by atoms with Gasteiger partial charge in [0.15, 0.2) is 0 Å². The van der Waals surface area contributed by atoms with Crippen molar-refractivity contribution >= 4 is 23.0 Å². The zero-order chi connectivity index (χ0) is 25.9. The fourth-order valence-electron chi connectivity index (χ4n) is 5.83. The number of carbonyl (C=O) groups is 1. The summed E-state index contributed by atoms with van der Waals surface area (Å²) in [6.45, 7) is 10.1. The molecule has 2 saturated heterocycles. The monoisotopic (exact) mass is 527 g/mol. The molecule has 200 valence electrons. The van der Waals surface area contributed by atoms with Gasteiger partial charge in [-0.15, -0.1) is 0 Å². The minimum absolute atomic E-state index is 0.00215. The predicted octanol–water partition coefficient (Wildman–Crippen LogP) is 3.34. The fourth-order valence-corrected chi connectivity index (χ4v) is 6.08. The molecule has 37 heavy (non-hydrogen) atoms. The summed E-state index contributed by atoms with van der Waals surface area (Å²) in [6, 6.07) is 2.51. The van der Waals surface area contributed by atoms with Gasteiger partial charge < -0.3 is 19.4 Å². The van der Waals surface area contributed by atoms with E-state index in [4.69, 9.17) is 16.3 Å². The molecule has 3 aliphatic rings. The van der Waals surface area contributed by atoms with Crippen molar-refractivity contribution in [2.75, 3.05) is 39.3 Å². The second-order valence-electron chi connectivity index (χ2n) is 10.8. The maximum absolute atomic E-state index is 13.6. The first-order valence-electron chi connectivity index (χ1n) is 13.6. The molecule has 4 heterocycles. The summed E-state index contributed by atoms with van der Waals surface area (Å²) in [6.07, 6.45) is 13.9. The summed E-state index contributed by atoms with van der Waals surface area (Å²) >= 11 is 6.28. The summed E-state index contributed by atoms with van der Waals surface area (Å²) in [5.74, 6) is 0.393. The summed E-state index contributed by atoms with van der Waals surface area (Å²) in [5.41, 5.74) is 1.04. The van der Waals surface area contributed by atoms with Gasteiger partial charge in [-0.05, 0) is 52.2 Å². The molecule has 2 fully saturated rings. The first-order chi connectivity index (χ1) is 17.9. The summed E-state index contributed by atoms with van der Waals surface area (Å²) < 4.78 is 9.47. The molecule has 0 saturated carbocycles. The molecule has 1 unspecified atom stereocenters. The van der Waals surface area contributed by atoms with Crippen LogP contribution >= 0.6 is 11.6 Å². The minimum atomic E-state index is -0.209. The highest BCUT2D eigenvalue weighted by molar-refractivity contribution is 6.31. The lowest BCUT2D eigenvalue weighted by molar-refractivity contribution is -0.122. The first kappa shape index (κ1) is 26.1. The fraction of sp³-hybridized carbons (Fsp3) is 0.571. The number of hydrogen-bond acceptors (Lipinski definition) is 5. The molecule has 1 N–H and O–H groups in total. The van der Waals surface area contributed by atoms with Crippen LogP contribution in [0.25, 0.3) is 5.52 Å². The van der Waals surface area contributed by atoms with Crippen LogP contribution in [-0.4, -0.2) is 76.1 Å². The van der Waals surface area contributed by atoms with Crippen molar-refractivity contribution in [2.45, 2.75) is 64.1 Å². The molecule has 1 aliphatic carbocycles. The van der Waals surface area contributed by atoms with Gasteiger partial charge in [-0.1, -0.05) is 23.8 Å². The number of rotatable bonds is 9. The molecule has 2 atom stereocenters. The molecular weight excluding hydrogens is 490 g/mol.